The van der Waals surface area contributed by atoms with Crippen LogP contribution in [0.4, 0.5) is 0 Å². The van der Waals surface area contributed by atoms with Crippen molar-refractivity contribution in [1.29, 1.82) is 0 Å². The largest absolute Gasteiger partial charge is 0.341 e. The van der Waals surface area contributed by atoms with Crippen LogP contribution >= 0.6 is 0 Å². The average Bonchev–Trinajstić information content (AvgIpc) is 2.66. The van der Waals surface area contributed by atoms with E-state index in [0.717, 1.165) is 16.6 Å². The lowest BCUT2D eigenvalue weighted by molar-refractivity contribution is -0.130. The first-order valence-electron chi connectivity index (χ1n) is 9.20. The maximum atomic E-state index is 12.6. The first-order chi connectivity index (χ1) is 13.0. The summed E-state index contributed by atoms with van der Waals surface area (Å²) in [5.41, 5.74) is 4.02. The predicted octanol–water partition coefficient (Wildman–Crippen LogP) is 3.45. The smallest absolute Gasteiger partial charge is 0.261 e. The van der Waals surface area contributed by atoms with Gasteiger partial charge in [-0.1, -0.05) is 36.4 Å². The number of nitrogens with zero attached hydrogens (tertiary/aromatic N) is 3. The molecule has 0 saturated heterocycles. The van der Waals surface area contributed by atoms with Crippen molar-refractivity contribution in [3.63, 3.8) is 0 Å². The maximum Gasteiger partial charge on any atom is 0.261 e. The number of hydrogen-bond acceptors (Lipinski definition) is 3. The normalized spacial score (nSPS) is 10.9. The number of rotatable bonds is 6. The molecule has 1 aromatic heterocycles. The number of fused-ring (bicyclic) bond motifs is 1. The van der Waals surface area contributed by atoms with Crippen molar-refractivity contribution in [3.8, 4) is 0 Å². The fourth-order valence-electron chi connectivity index (χ4n) is 3.22. The van der Waals surface area contributed by atoms with Crippen LogP contribution in [0.15, 0.2) is 53.6 Å². The van der Waals surface area contributed by atoms with Crippen LogP contribution in [-0.4, -0.2) is 27.4 Å². The van der Waals surface area contributed by atoms with E-state index in [9.17, 15) is 9.59 Å². The monoisotopic (exact) mass is 363 g/mol. The van der Waals surface area contributed by atoms with E-state index in [1.807, 2.05) is 44.3 Å². The molecule has 0 spiro atoms. The Morgan fingerprint density at radius 3 is 2.59 bits per heavy atom. The molecule has 0 aliphatic rings. The lowest BCUT2D eigenvalue weighted by atomic mass is 10.1. The summed E-state index contributed by atoms with van der Waals surface area (Å²) in [5.74, 6) is 0.0795. The zero-order valence-corrected chi connectivity index (χ0v) is 16.1. The van der Waals surface area contributed by atoms with Gasteiger partial charge in [-0.25, -0.2) is 4.98 Å². The second kappa shape index (κ2) is 8.16. The summed E-state index contributed by atoms with van der Waals surface area (Å²) in [6.45, 7) is 5.08. The summed E-state index contributed by atoms with van der Waals surface area (Å²) in [6, 6.07) is 13.7. The molecule has 0 saturated carbocycles. The Balaban J connectivity index is 1.60. The van der Waals surface area contributed by atoms with E-state index >= 15 is 0 Å². The molecule has 140 valence electrons. The van der Waals surface area contributed by atoms with E-state index in [0.29, 0.717) is 31.3 Å². The van der Waals surface area contributed by atoms with E-state index in [4.69, 9.17) is 0 Å². The molecular formula is C22H25N3O2. The summed E-state index contributed by atoms with van der Waals surface area (Å²) in [5, 5.41) is 0.625. The lowest BCUT2D eigenvalue weighted by Crippen LogP contribution is -2.27. The highest BCUT2D eigenvalue weighted by Gasteiger charge is 2.11. The molecule has 1 amide bonds. The Bertz CT molecular complexity index is 1020. The van der Waals surface area contributed by atoms with Gasteiger partial charge in [0, 0.05) is 26.6 Å². The van der Waals surface area contributed by atoms with E-state index in [-0.39, 0.29) is 11.5 Å². The van der Waals surface area contributed by atoms with Gasteiger partial charge in [-0.15, -0.1) is 0 Å². The molecule has 3 rings (SSSR count). The van der Waals surface area contributed by atoms with Crippen LogP contribution < -0.4 is 5.56 Å². The molecule has 0 unspecified atom stereocenters. The Kier molecular flexibility index (Phi) is 5.69. The van der Waals surface area contributed by atoms with Crippen LogP contribution in [0, 0.1) is 13.8 Å². The molecule has 0 N–H and O–H groups in total. The van der Waals surface area contributed by atoms with E-state index in [1.165, 1.54) is 5.56 Å². The van der Waals surface area contributed by atoms with Crippen molar-refractivity contribution in [2.24, 2.45) is 0 Å². The number of carbonyl (C=O) groups excluding carboxylic acids is 1. The summed E-state index contributed by atoms with van der Waals surface area (Å²) in [7, 11) is 1.82. The molecule has 5 nitrogen and oxygen atoms in total. The van der Waals surface area contributed by atoms with Crippen LogP contribution in [0.1, 0.15) is 29.5 Å². The zero-order valence-electron chi connectivity index (χ0n) is 16.1. The molecule has 5 heteroatoms. The van der Waals surface area contributed by atoms with E-state index < -0.39 is 0 Å². The lowest BCUT2D eigenvalue weighted by Gasteiger charge is -2.18. The summed E-state index contributed by atoms with van der Waals surface area (Å²) in [6.07, 6.45) is 2.59. The first-order valence-corrected chi connectivity index (χ1v) is 9.20. The molecule has 27 heavy (non-hydrogen) atoms. The van der Waals surface area contributed by atoms with Crippen molar-refractivity contribution in [2.75, 3.05) is 7.05 Å². The van der Waals surface area contributed by atoms with Gasteiger partial charge in [0.2, 0.25) is 5.91 Å². The number of carbonyl (C=O) groups is 1. The van der Waals surface area contributed by atoms with E-state index in [1.54, 1.807) is 21.9 Å². The van der Waals surface area contributed by atoms with Gasteiger partial charge in [-0.3, -0.25) is 14.2 Å². The van der Waals surface area contributed by atoms with Gasteiger partial charge in [0.05, 0.1) is 17.2 Å². The minimum Gasteiger partial charge on any atom is -0.341 e. The van der Waals surface area contributed by atoms with Gasteiger partial charge in [0.25, 0.3) is 5.56 Å². The zero-order chi connectivity index (χ0) is 19.4. The summed E-state index contributed by atoms with van der Waals surface area (Å²) in [4.78, 5) is 31.2. The Morgan fingerprint density at radius 2 is 1.81 bits per heavy atom. The number of aryl methyl sites for hydroxylation is 3. The standard InChI is InChI=1S/C22H25N3O2/c1-16-8-4-5-10-18(16)14-24(3)20(26)12-7-13-25-15-23-21-17(2)9-6-11-19(21)22(25)27/h4-6,8-11,15H,7,12-14H2,1-3H3. The summed E-state index contributed by atoms with van der Waals surface area (Å²) < 4.78 is 1.59. The number of hydrogen-bond donors (Lipinski definition) is 0. The molecule has 2 aromatic carbocycles. The maximum absolute atomic E-state index is 12.6. The van der Waals surface area contributed by atoms with E-state index in [2.05, 4.69) is 18.0 Å². The average molecular weight is 363 g/mol. The molecular weight excluding hydrogens is 338 g/mol. The Labute approximate surface area is 159 Å². The number of para-hydroxylation sites is 1. The van der Waals surface area contributed by atoms with Crippen molar-refractivity contribution < 1.29 is 4.79 Å². The van der Waals surface area contributed by atoms with Crippen molar-refractivity contribution in [1.82, 2.24) is 14.5 Å². The molecule has 1 heterocycles. The van der Waals surface area contributed by atoms with Crippen molar-refractivity contribution >= 4 is 16.8 Å². The van der Waals surface area contributed by atoms with Crippen molar-refractivity contribution in [3.05, 3.63) is 75.8 Å². The second-order valence-electron chi connectivity index (χ2n) is 6.99. The minimum atomic E-state index is -0.0515. The van der Waals surface area contributed by atoms with Gasteiger partial charge < -0.3 is 4.90 Å². The van der Waals surface area contributed by atoms with Crippen LogP contribution in [-0.2, 0) is 17.9 Å². The number of aromatic nitrogens is 2. The fraction of sp³-hybridized carbons (Fsp3) is 0.318. The topological polar surface area (TPSA) is 55.2 Å². The molecule has 0 aliphatic heterocycles. The van der Waals surface area contributed by atoms with Gasteiger partial charge in [-0.05, 0) is 43.0 Å². The highest BCUT2D eigenvalue weighted by atomic mass is 16.2. The van der Waals surface area contributed by atoms with Gasteiger partial charge in [-0.2, -0.15) is 0 Å². The van der Waals surface area contributed by atoms with Crippen LogP contribution in [0.25, 0.3) is 10.9 Å². The van der Waals surface area contributed by atoms with Crippen molar-refractivity contribution in [2.45, 2.75) is 39.8 Å². The molecule has 0 bridgehead atoms. The third-order valence-corrected chi connectivity index (χ3v) is 4.94. The molecule has 3 aromatic rings. The highest BCUT2D eigenvalue weighted by Crippen LogP contribution is 2.12. The number of benzene rings is 2. The quantitative estimate of drug-likeness (QED) is 0.674. The third kappa shape index (κ3) is 4.25. The predicted molar refractivity (Wildman–Crippen MR) is 108 cm³/mol. The Hall–Kier alpha value is -2.95. The fourth-order valence-corrected chi connectivity index (χ4v) is 3.22. The highest BCUT2D eigenvalue weighted by molar-refractivity contribution is 5.80. The van der Waals surface area contributed by atoms with Gasteiger partial charge >= 0.3 is 0 Å². The number of amides is 1. The second-order valence-corrected chi connectivity index (χ2v) is 6.99. The van der Waals surface area contributed by atoms with Crippen LogP contribution in [0.5, 0.6) is 0 Å². The summed E-state index contributed by atoms with van der Waals surface area (Å²) >= 11 is 0. The minimum absolute atomic E-state index is 0.0515. The van der Waals surface area contributed by atoms with Crippen LogP contribution in [0.2, 0.25) is 0 Å². The molecule has 0 fully saturated rings. The molecule has 0 aliphatic carbocycles. The van der Waals surface area contributed by atoms with Gasteiger partial charge in [0.15, 0.2) is 0 Å². The van der Waals surface area contributed by atoms with Crippen LogP contribution in [0.3, 0.4) is 0 Å². The first kappa shape index (κ1) is 18.8. The van der Waals surface area contributed by atoms with Gasteiger partial charge in [0.1, 0.15) is 0 Å². The molecule has 0 radical (unpaired) electrons. The molecule has 0 atom stereocenters. The Morgan fingerprint density at radius 1 is 1.07 bits per heavy atom. The third-order valence-electron chi connectivity index (χ3n) is 4.94. The SMILES string of the molecule is Cc1ccccc1CN(C)C(=O)CCCn1cnc2c(C)cccc2c1=O.